The van der Waals surface area contributed by atoms with Gasteiger partial charge in [-0.3, -0.25) is 19.2 Å². The number of H-pyrrole nitrogens is 2. The molecule has 0 saturated heterocycles. The number of imidazole rings is 1. The summed E-state index contributed by atoms with van der Waals surface area (Å²) >= 11 is 1.56. The van der Waals surface area contributed by atoms with Crippen molar-refractivity contribution in [2.24, 2.45) is 5.73 Å². The zero-order valence-electron chi connectivity index (χ0n) is 21.2. The van der Waals surface area contributed by atoms with E-state index in [0.29, 0.717) is 17.9 Å². The van der Waals surface area contributed by atoms with E-state index < -0.39 is 47.9 Å². The van der Waals surface area contributed by atoms with Crippen molar-refractivity contribution < 1.29 is 24.3 Å². The molecule has 12 nitrogen and oxygen atoms in total. The minimum absolute atomic E-state index is 0.0326. The first-order valence-corrected chi connectivity index (χ1v) is 13.5. The van der Waals surface area contributed by atoms with Crippen molar-refractivity contribution in [1.29, 1.82) is 0 Å². The van der Waals surface area contributed by atoms with Gasteiger partial charge in [-0.05, 0) is 37.0 Å². The third-order valence-corrected chi connectivity index (χ3v) is 6.69. The van der Waals surface area contributed by atoms with Gasteiger partial charge < -0.3 is 36.8 Å². The smallest absolute Gasteiger partial charge is 0.325 e. The number of aliphatic carboxylic acids is 1. The Morgan fingerprint density at radius 1 is 1.03 bits per heavy atom. The van der Waals surface area contributed by atoms with Crippen LogP contribution < -0.4 is 21.7 Å². The number of nitrogens with one attached hydrogen (secondary N) is 5. The fourth-order valence-electron chi connectivity index (χ4n) is 3.86. The van der Waals surface area contributed by atoms with E-state index in [9.17, 15) is 24.3 Å². The van der Waals surface area contributed by atoms with Gasteiger partial charge in [0, 0.05) is 41.8 Å². The van der Waals surface area contributed by atoms with Gasteiger partial charge in [-0.2, -0.15) is 11.8 Å². The number of para-hydroxylation sites is 1. The maximum absolute atomic E-state index is 13.5. The molecule has 0 saturated carbocycles. The van der Waals surface area contributed by atoms with Gasteiger partial charge in [0.25, 0.3) is 0 Å². The van der Waals surface area contributed by atoms with Gasteiger partial charge in [0.05, 0.1) is 12.4 Å². The van der Waals surface area contributed by atoms with E-state index in [4.69, 9.17) is 5.73 Å². The number of aromatic amines is 2. The number of hydrogen-bond acceptors (Lipinski definition) is 7. The third-order valence-electron chi connectivity index (χ3n) is 6.04. The van der Waals surface area contributed by atoms with Crippen LogP contribution in [0, 0.1) is 0 Å². The van der Waals surface area contributed by atoms with Crippen LogP contribution in [0.2, 0.25) is 0 Å². The Kier molecular flexibility index (Phi) is 10.3. The van der Waals surface area contributed by atoms with Crippen LogP contribution in [0.5, 0.6) is 0 Å². The number of rotatable bonds is 14. The standard InChI is InChI=1S/C25H33N7O5S/c1-14(25(36)37)30-23(34)21(10-16-12-27-13-29-16)32-24(35)20(31-22(33)18(26)7-8-38-2)9-15-11-28-19-6-4-3-5-17(15)19/h3-6,11-14,18,20-21,28H,7-10,26H2,1-2H3,(H,27,29)(H,30,34)(H,31,33)(H,32,35)(H,36,37). The van der Waals surface area contributed by atoms with Crippen molar-refractivity contribution >= 4 is 46.4 Å². The van der Waals surface area contributed by atoms with Crippen molar-refractivity contribution in [3.05, 3.63) is 54.2 Å². The van der Waals surface area contributed by atoms with Gasteiger partial charge >= 0.3 is 5.97 Å². The van der Waals surface area contributed by atoms with Gasteiger partial charge in [0.2, 0.25) is 17.7 Å². The van der Waals surface area contributed by atoms with Gasteiger partial charge in [-0.25, -0.2) is 4.98 Å². The summed E-state index contributed by atoms with van der Waals surface area (Å²) in [7, 11) is 0. The number of carbonyl (C=O) groups excluding carboxylic acids is 3. The molecule has 8 N–H and O–H groups in total. The van der Waals surface area contributed by atoms with Crippen LogP contribution in [0.15, 0.2) is 43.0 Å². The quantitative estimate of drug-likeness (QED) is 0.151. The Morgan fingerprint density at radius 3 is 2.39 bits per heavy atom. The van der Waals surface area contributed by atoms with Gasteiger partial charge in [-0.1, -0.05) is 18.2 Å². The monoisotopic (exact) mass is 543 g/mol. The lowest BCUT2D eigenvalue weighted by Gasteiger charge is -2.24. The Bertz CT molecular complexity index is 1250. The number of amides is 3. The van der Waals surface area contributed by atoms with E-state index in [1.54, 1.807) is 18.0 Å². The summed E-state index contributed by atoms with van der Waals surface area (Å²) in [6.07, 6.45) is 7.23. The molecule has 0 radical (unpaired) electrons. The number of benzene rings is 1. The SMILES string of the molecule is CSCCC(N)C(=O)NC(Cc1c[nH]c2ccccc12)C(=O)NC(Cc1cnc[nH]1)C(=O)NC(C)C(=O)O. The number of nitrogens with two attached hydrogens (primary N) is 1. The molecule has 0 fully saturated rings. The second-order valence-corrected chi connectivity index (χ2v) is 9.91. The molecule has 0 aliphatic carbocycles. The molecule has 2 aromatic heterocycles. The highest BCUT2D eigenvalue weighted by Crippen LogP contribution is 2.19. The van der Waals surface area contributed by atoms with Crippen LogP contribution in [0.3, 0.4) is 0 Å². The normalized spacial score (nSPS) is 14.3. The number of carbonyl (C=O) groups is 4. The van der Waals surface area contributed by atoms with E-state index in [-0.39, 0.29) is 12.8 Å². The molecule has 1 aromatic carbocycles. The summed E-state index contributed by atoms with van der Waals surface area (Å²) in [5.41, 5.74) is 8.28. The zero-order chi connectivity index (χ0) is 27.7. The molecule has 3 amide bonds. The lowest BCUT2D eigenvalue weighted by atomic mass is 10.0. The molecule has 4 unspecified atom stereocenters. The number of nitrogens with zero attached hydrogens (tertiary/aromatic N) is 1. The molecular formula is C25H33N7O5S. The highest BCUT2D eigenvalue weighted by molar-refractivity contribution is 7.98. The summed E-state index contributed by atoms with van der Waals surface area (Å²) in [6.45, 7) is 1.32. The first-order chi connectivity index (χ1) is 18.2. The summed E-state index contributed by atoms with van der Waals surface area (Å²) in [4.78, 5) is 60.6. The highest BCUT2D eigenvalue weighted by Gasteiger charge is 2.30. The van der Waals surface area contributed by atoms with Crippen molar-refractivity contribution in [3.63, 3.8) is 0 Å². The maximum Gasteiger partial charge on any atom is 0.325 e. The van der Waals surface area contributed by atoms with Crippen LogP contribution in [-0.2, 0) is 32.0 Å². The lowest BCUT2D eigenvalue weighted by Crippen LogP contribution is -2.58. The average molecular weight is 544 g/mol. The van der Waals surface area contributed by atoms with Gasteiger partial charge in [0.15, 0.2) is 0 Å². The second kappa shape index (κ2) is 13.6. The summed E-state index contributed by atoms with van der Waals surface area (Å²) in [6, 6.07) is 3.42. The maximum atomic E-state index is 13.5. The highest BCUT2D eigenvalue weighted by atomic mass is 32.2. The third kappa shape index (κ3) is 7.83. The Morgan fingerprint density at radius 2 is 1.71 bits per heavy atom. The molecule has 4 atom stereocenters. The largest absolute Gasteiger partial charge is 0.480 e. The first kappa shape index (κ1) is 28.7. The Hall–Kier alpha value is -3.84. The van der Waals surface area contributed by atoms with Crippen molar-refractivity contribution in [3.8, 4) is 0 Å². The van der Waals surface area contributed by atoms with Crippen LogP contribution >= 0.6 is 11.8 Å². The number of thioether (sulfide) groups is 1. The van der Waals surface area contributed by atoms with Gasteiger partial charge in [0.1, 0.15) is 18.1 Å². The van der Waals surface area contributed by atoms with Crippen molar-refractivity contribution in [2.45, 2.75) is 50.4 Å². The average Bonchev–Trinajstić information content (AvgIpc) is 3.56. The lowest BCUT2D eigenvalue weighted by molar-refractivity contribution is -0.141. The second-order valence-electron chi connectivity index (χ2n) is 8.92. The summed E-state index contributed by atoms with van der Waals surface area (Å²) in [5.74, 6) is -2.30. The van der Waals surface area contributed by atoms with Crippen LogP contribution in [0.25, 0.3) is 10.9 Å². The number of aromatic nitrogens is 3. The Labute approximate surface area is 223 Å². The fourth-order valence-corrected chi connectivity index (χ4v) is 4.35. The van der Waals surface area contributed by atoms with E-state index in [0.717, 1.165) is 16.5 Å². The van der Waals surface area contributed by atoms with Gasteiger partial charge in [-0.15, -0.1) is 0 Å². The van der Waals surface area contributed by atoms with E-state index in [1.165, 1.54) is 19.4 Å². The number of carboxylic acids is 1. The van der Waals surface area contributed by atoms with E-state index in [1.807, 2.05) is 30.5 Å². The molecular weight excluding hydrogens is 510 g/mol. The number of hydrogen-bond donors (Lipinski definition) is 7. The minimum atomic E-state index is -1.21. The molecule has 0 spiro atoms. The van der Waals surface area contributed by atoms with Crippen LogP contribution in [-0.4, -0.2) is 79.9 Å². The number of fused-ring (bicyclic) bond motifs is 1. The van der Waals surface area contributed by atoms with Crippen molar-refractivity contribution in [1.82, 2.24) is 30.9 Å². The molecule has 0 aliphatic heterocycles. The zero-order valence-corrected chi connectivity index (χ0v) is 22.0. The van der Waals surface area contributed by atoms with E-state index >= 15 is 0 Å². The molecule has 3 aromatic rings. The molecule has 0 aliphatic rings. The van der Waals surface area contributed by atoms with Crippen molar-refractivity contribution in [2.75, 3.05) is 12.0 Å². The topological polar surface area (TPSA) is 195 Å². The molecule has 38 heavy (non-hydrogen) atoms. The van der Waals surface area contributed by atoms with E-state index in [2.05, 4.69) is 30.9 Å². The molecule has 13 heteroatoms. The van der Waals surface area contributed by atoms with Crippen LogP contribution in [0.4, 0.5) is 0 Å². The van der Waals surface area contributed by atoms with Crippen LogP contribution in [0.1, 0.15) is 24.6 Å². The molecule has 0 bridgehead atoms. The molecule has 3 rings (SSSR count). The number of carboxylic acid groups (broad SMARTS) is 1. The molecule has 2 heterocycles. The molecule has 204 valence electrons. The Balaban J connectivity index is 1.84. The fraction of sp³-hybridized carbons (Fsp3) is 0.400. The predicted octanol–water partition coefficient (Wildman–Crippen LogP) is 0.316. The summed E-state index contributed by atoms with van der Waals surface area (Å²) in [5, 5.41) is 17.9. The predicted molar refractivity (Wildman–Crippen MR) is 144 cm³/mol. The first-order valence-electron chi connectivity index (χ1n) is 12.1. The summed E-state index contributed by atoms with van der Waals surface area (Å²) < 4.78 is 0. The minimum Gasteiger partial charge on any atom is -0.480 e.